The van der Waals surface area contributed by atoms with E-state index in [1.54, 1.807) is 23.5 Å². The molecule has 102 valence electrons. The van der Waals surface area contributed by atoms with E-state index < -0.39 is 4.92 Å². The fourth-order valence-corrected chi connectivity index (χ4v) is 3.33. The van der Waals surface area contributed by atoms with E-state index in [4.69, 9.17) is 0 Å². The number of non-ortho nitro benzene ring substituents is 1. The lowest BCUT2D eigenvalue weighted by atomic mass is 10.2. The highest BCUT2D eigenvalue weighted by Gasteiger charge is 2.12. The van der Waals surface area contributed by atoms with E-state index in [1.807, 2.05) is 0 Å². The lowest BCUT2D eigenvalue weighted by Gasteiger charge is -2.00. The number of nitro benzene ring substituents is 1. The maximum absolute atomic E-state index is 11.7. The second-order valence-electron chi connectivity index (χ2n) is 3.32. The number of thioether (sulfide) groups is 2. The smallest absolute Gasteiger partial charge is 0.271 e. The summed E-state index contributed by atoms with van der Waals surface area (Å²) in [4.78, 5) is 21.6. The van der Waals surface area contributed by atoms with Crippen LogP contribution < -0.4 is 5.43 Å². The number of nitrogens with one attached hydrogen (secondary N) is 1. The Labute approximate surface area is 117 Å². The lowest BCUT2D eigenvalue weighted by Crippen LogP contribution is -2.18. The number of nitro groups is 1. The molecular weight excluding hydrogens is 290 g/mol. The van der Waals surface area contributed by atoms with Gasteiger partial charge in [-0.25, -0.2) is 5.43 Å². The molecular formula is C10H11N3O4S2. The second-order valence-corrected chi connectivity index (χ2v) is 5.75. The van der Waals surface area contributed by atoms with Crippen molar-refractivity contribution in [3.63, 3.8) is 0 Å². The zero-order valence-electron chi connectivity index (χ0n) is 9.66. The third kappa shape index (κ3) is 4.23. The van der Waals surface area contributed by atoms with Gasteiger partial charge < -0.3 is 5.48 Å². The summed E-state index contributed by atoms with van der Waals surface area (Å²) in [6.45, 7) is 0. The molecule has 0 atom stereocenters. The molecule has 0 saturated carbocycles. The molecule has 1 aromatic rings. The van der Waals surface area contributed by atoms with Crippen molar-refractivity contribution in [3.8, 4) is 0 Å². The summed E-state index contributed by atoms with van der Waals surface area (Å²) in [7, 11) is 0. The third-order valence-electron chi connectivity index (χ3n) is 2.12. The number of hydrogen-bond donors (Lipinski definition) is 1. The minimum atomic E-state index is -0.506. The molecule has 1 aliphatic rings. The molecule has 7 nitrogen and oxygen atoms in total. The van der Waals surface area contributed by atoms with Crippen LogP contribution in [0.15, 0.2) is 29.4 Å². The fourth-order valence-electron chi connectivity index (χ4n) is 1.26. The normalized spacial score (nSPS) is 13.6. The van der Waals surface area contributed by atoms with Crippen molar-refractivity contribution in [2.45, 2.75) is 0 Å². The molecule has 0 aliphatic carbocycles. The molecule has 0 aromatic heterocycles. The molecule has 9 heteroatoms. The second kappa shape index (κ2) is 7.12. The number of hydrazone groups is 1. The number of carbonyl (C=O) groups excluding carboxylic acids is 1. The molecule has 0 bridgehead atoms. The predicted octanol–water partition coefficient (Wildman–Crippen LogP) is 1.25. The van der Waals surface area contributed by atoms with Crippen molar-refractivity contribution in [2.75, 3.05) is 11.5 Å². The monoisotopic (exact) mass is 301 g/mol. The van der Waals surface area contributed by atoms with Crippen LogP contribution in [0.2, 0.25) is 0 Å². The molecule has 1 amide bonds. The largest absolute Gasteiger partial charge is 0.412 e. The summed E-state index contributed by atoms with van der Waals surface area (Å²) >= 11 is 3.19. The Bertz CT molecular complexity index is 496. The van der Waals surface area contributed by atoms with Crippen LogP contribution in [0.25, 0.3) is 0 Å². The van der Waals surface area contributed by atoms with Crippen molar-refractivity contribution < 1.29 is 15.2 Å². The van der Waals surface area contributed by atoms with Gasteiger partial charge in [-0.2, -0.15) is 5.10 Å². The van der Waals surface area contributed by atoms with Gasteiger partial charge in [-0.05, 0) is 12.1 Å². The van der Waals surface area contributed by atoms with E-state index in [2.05, 4.69) is 10.5 Å². The summed E-state index contributed by atoms with van der Waals surface area (Å²) < 4.78 is 0.838. The number of hydrogen-bond acceptors (Lipinski definition) is 6. The first-order valence-corrected chi connectivity index (χ1v) is 7.02. The maximum atomic E-state index is 11.7. The van der Waals surface area contributed by atoms with E-state index in [0.29, 0.717) is 5.56 Å². The van der Waals surface area contributed by atoms with Gasteiger partial charge in [0.1, 0.15) is 4.38 Å². The van der Waals surface area contributed by atoms with Crippen molar-refractivity contribution in [1.82, 2.24) is 5.43 Å². The van der Waals surface area contributed by atoms with E-state index in [9.17, 15) is 14.9 Å². The zero-order valence-corrected chi connectivity index (χ0v) is 11.3. The summed E-state index contributed by atoms with van der Waals surface area (Å²) in [5.74, 6) is 1.62. The molecule has 1 aliphatic heterocycles. The number of amides is 1. The molecule has 1 saturated heterocycles. The SMILES string of the molecule is O.O=C(NN=C1SCCS1)c1ccc([N+](=O)[O-])cc1. The summed E-state index contributed by atoms with van der Waals surface area (Å²) in [5, 5.41) is 14.4. The molecule has 1 aromatic carbocycles. The van der Waals surface area contributed by atoms with Gasteiger partial charge in [0.25, 0.3) is 11.6 Å². The quantitative estimate of drug-likeness (QED) is 0.666. The highest BCUT2D eigenvalue weighted by atomic mass is 32.2. The van der Waals surface area contributed by atoms with Crippen molar-refractivity contribution in [2.24, 2.45) is 5.10 Å². The van der Waals surface area contributed by atoms with Crippen LogP contribution >= 0.6 is 23.5 Å². The highest BCUT2D eigenvalue weighted by Crippen LogP contribution is 2.25. The van der Waals surface area contributed by atoms with E-state index >= 15 is 0 Å². The predicted molar refractivity (Wildman–Crippen MR) is 76.5 cm³/mol. The van der Waals surface area contributed by atoms with Gasteiger partial charge in [-0.1, -0.05) is 23.5 Å². The Morgan fingerprint density at radius 1 is 1.26 bits per heavy atom. The highest BCUT2D eigenvalue weighted by molar-refractivity contribution is 8.41. The third-order valence-corrected chi connectivity index (χ3v) is 4.58. The van der Waals surface area contributed by atoms with Crippen molar-refractivity contribution >= 4 is 39.5 Å². The molecule has 2 rings (SSSR count). The summed E-state index contributed by atoms with van der Waals surface area (Å²) in [6.07, 6.45) is 0. The van der Waals surface area contributed by atoms with E-state index in [1.165, 1.54) is 24.3 Å². The van der Waals surface area contributed by atoms with Crippen LogP contribution in [0.4, 0.5) is 5.69 Å². The standard InChI is InChI=1S/C10H9N3O3S2.H2O/c14-9(11-12-10-17-5-6-18-10)7-1-3-8(4-2-7)13(15)16;/h1-4H,5-6H2,(H,11,14);1H2. The zero-order chi connectivity index (χ0) is 13.0. The van der Waals surface area contributed by atoms with Crippen molar-refractivity contribution in [1.29, 1.82) is 0 Å². The van der Waals surface area contributed by atoms with Crippen LogP contribution in [-0.4, -0.2) is 32.2 Å². The number of rotatable bonds is 3. The molecule has 0 radical (unpaired) electrons. The molecule has 19 heavy (non-hydrogen) atoms. The Morgan fingerprint density at radius 3 is 2.37 bits per heavy atom. The number of benzene rings is 1. The van der Waals surface area contributed by atoms with Gasteiger partial charge in [0.05, 0.1) is 4.92 Å². The minimum Gasteiger partial charge on any atom is -0.412 e. The minimum absolute atomic E-state index is 0. The molecule has 1 heterocycles. The average molecular weight is 301 g/mol. The van der Waals surface area contributed by atoms with Crippen LogP contribution in [0.3, 0.4) is 0 Å². The first-order chi connectivity index (χ1) is 8.66. The van der Waals surface area contributed by atoms with Gasteiger partial charge >= 0.3 is 0 Å². The number of nitrogens with zero attached hydrogens (tertiary/aromatic N) is 2. The first-order valence-electron chi connectivity index (χ1n) is 5.05. The average Bonchev–Trinajstić information content (AvgIpc) is 2.89. The van der Waals surface area contributed by atoms with Gasteiger partial charge in [-0.3, -0.25) is 14.9 Å². The fraction of sp³-hybridized carbons (Fsp3) is 0.200. The van der Waals surface area contributed by atoms with Gasteiger partial charge in [-0.15, -0.1) is 0 Å². The van der Waals surface area contributed by atoms with Crippen LogP contribution in [0.1, 0.15) is 10.4 Å². The van der Waals surface area contributed by atoms with Crippen LogP contribution in [0.5, 0.6) is 0 Å². The molecule has 1 fully saturated rings. The van der Waals surface area contributed by atoms with Gasteiger partial charge in [0.2, 0.25) is 0 Å². The van der Waals surface area contributed by atoms with E-state index in [0.717, 1.165) is 15.9 Å². The van der Waals surface area contributed by atoms with Crippen molar-refractivity contribution in [3.05, 3.63) is 39.9 Å². The molecule has 0 unspecified atom stereocenters. The Hall–Kier alpha value is -1.58. The molecule has 0 spiro atoms. The van der Waals surface area contributed by atoms with Gasteiger partial charge in [0.15, 0.2) is 0 Å². The summed E-state index contributed by atoms with van der Waals surface area (Å²) in [6, 6.07) is 5.40. The topological polar surface area (TPSA) is 116 Å². The Kier molecular flexibility index (Phi) is 5.80. The van der Waals surface area contributed by atoms with E-state index in [-0.39, 0.29) is 17.1 Å². The summed E-state index contributed by atoms with van der Waals surface area (Å²) in [5.41, 5.74) is 2.73. The Balaban J connectivity index is 0.00000180. The van der Waals surface area contributed by atoms with Crippen LogP contribution in [-0.2, 0) is 0 Å². The lowest BCUT2D eigenvalue weighted by molar-refractivity contribution is -0.384. The first kappa shape index (κ1) is 15.5. The number of carbonyl (C=O) groups is 1. The Morgan fingerprint density at radius 2 is 1.84 bits per heavy atom. The molecule has 3 N–H and O–H groups in total. The van der Waals surface area contributed by atoms with Crippen LogP contribution in [0, 0.1) is 10.1 Å². The maximum Gasteiger partial charge on any atom is 0.271 e. The van der Waals surface area contributed by atoms with Gasteiger partial charge in [0, 0.05) is 29.2 Å².